The van der Waals surface area contributed by atoms with E-state index >= 15 is 0 Å². The molecular weight excluding hydrogens is 331 g/mol. The fourth-order valence-electron chi connectivity index (χ4n) is 2.16. The van der Waals surface area contributed by atoms with E-state index in [0.717, 1.165) is 0 Å². The number of carbonyl (C=O) groups excluding carboxylic acids is 2. The quantitative estimate of drug-likeness (QED) is 0.666. The molecule has 1 amide bonds. The Labute approximate surface area is 145 Å². The molecule has 7 heteroatoms. The number of halogens is 1. The Balaban J connectivity index is 2.78. The fourth-order valence-corrected chi connectivity index (χ4v) is 3.29. The number of rotatable bonds is 9. The Morgan fingerprint density at radius 3 is 2.25 bits per heavy atom. The summed E-state index contributed by atoms with van der Waals surface area (Å²) < 4.78 is 28.0. The molecule has 0 heterocycles. The molecule has 24 heavy (non-hydrogen) atoms. The van der Waals surface area contributed by atoms with E-state index in [4.69, 9.17) is 0 Å². The lowest BCUT2D eigenvalue weighted by Crippen LogP contribution is -2.51. The summed E-state index contributed by atoms with van der Waals surface area (Å²) in [5.74, 6) is -0.672. The average molecular weight is 356 g/mol. The summed E-state index contributed by atoms with van der Waals surface area (Å²) in [7, 11) is -1.66. The summed E-state index contributed by atoms with van der Waals surface area (Å²) >= 11 is 0. The molecule has 0 radical (unpaired) electrons. The zero-order valence-electron chi connectivity index (χ0n) is 14.4. The van der Waals surface area contributed by atoms with E-state index < -0.39 is 28.9 Å². The zero-order valence-corrected chi connectivity index (χ0v) is 15.2. The van der Waals surface area contributed by atoms with E-state index in [0.29, 0.717) is 17.6 Å². The van der Waals surface area contributed by atoms with E-state index in [1.165, 1.54) is 24.3 Å². The minimum atomic E-state index is -1.66. The standard InChI is InChI=1S/C17H25FN2O3S/c1-11(2)9-14(10-21)19-17(22)16(12(3)4)20-24(23)15-7-5-13(18)6-8-15/h5-8,10-12,14,16,20H,9H2,1-4H3,(H,19,22)/t14-,16-,24?/m0/s1. The lowest BCUT2D eigenvalue weighted by molar-refractivity contribution is -0.126. The minimum Gasteiger partial charge on any atom is -0.345 e. The molecule has 0 aliphatic rings. The number of benzene rings is 1. The van der Waals surface area contributed by atoms with Crippen molar-refractivity contribution < 1.29 is 18.2 Å². The first-order valence-corrected chi connectivity index (χ1v) is 9.08. The van der Waals surface area contributed by atoms with Crippen molar-refractivity contribution in [2.75, 3.05) is 0 Å². The summed E-state index contributed by atoms with van der Waals surface area (Å²) in [4.78, 5) is 23.9. The highest BCUT2D eigenvalue weighted by Crippen LogP contribution is 2.11. The van der Waals surface area contributed by atoms with Gasteiger partial charge in [0.25, 0.3) is 0 Å². The number of aldehydes is 1. The highest BCUT2D eigenvalue weighted by molar-refractivity contribution is 7.83. The van der Waals surface area contributed by atoms with Gasteiger partial charge >= 0.3 is 0 Å². The second-order valence-corrected chi connectivity index (χ2v) is 7.69. The number of hydrogen-bond donors (Lipinski definition) is 2. The van der Waals surface area contributed by atoms with Crippen molar-refractivity contribution >= 4 is 23.2 Å². The topological polar surface area (TPSA) is 75.3 Å². The van der Waals surface area contributed by atoms with Crippen LogP contribution in [0, 0.1) is 17.7 Å². The van der Waals surface area contributed by atoms with Crippen LogP contribution in [0.15, 0.2) is 29.2 Å². The maximum absolute atomic E-state index is 12.9. The molecule has 3 atom stereocenters. The maximum atomic E-state index is 12.9. The van der Waals surface area contributed by atoms with E-state index in [1.807, 2.05) is 27.7 Å². The summed E-state index contributed by atoms with van der Waals surface area (Å²) in [6, 6.07) is 3.93. The molecule has 2 N–H and O–H groups in total. The molecular formula is C17H25FN2O3S. The van der Waals surface area contributed by atoms with Crippen LogP contribution in [0.25, 0.3) is 0 Å². The molecule has 1 aromatic carbocycles. The van der Waals surface area contributed by atoms with Gasteiger partial charge in [-0.15, -0.1) is 0 Å². The van der Waals surface area contributed by atoms with Gasteiger partial charge in [0.1, 0.15) is 29.1 Å². The Hall–Kier alpha value is -1.60. The van der Waals surface area contributed by atoms with Gasteiger partial charge in [-0.3, -0.25) is 4.79 Å². The van der Waals surface area contributed by atoms with Crippen molar-refractivity contribution in [1.82, 2.24) is 10.0 Å². The van der Waals surface area contributed by atoms with Crippen LogP contribution in [0.1, 0.15) is 34.1 Å². The van der Waals surface area contributed by atoms with E-state index in [9.17, 15) is 18.2 Å². The maximum Gasteiger partial charge on any atom is 0.238 e. The Kier molecular flexibility index (Phi) is 8.21. The molecule has 0 bridgehead atoms. The number of amides is 1. The Morgan fingerprint density at radius 1 is 1.21 bits per heavy atom. The van der Waals surface area contributed by atoms with Gasteiger partial charge in [0.2, 0.25) is 5.91 Å². The van der Waals surface area contributed by atoms with Crippen LogP contribution in [0.5, 0.6) is 0 Å². The number of nitrogens with one attached hydrogen (secondary N) is 2. The second-order valence-electron chi connectivity index (χ2n) is 6.44. The van der Waals surface area contributed by atoms with Gasteiger partial charge in [-0.2, -0.15) is 0 Å². The third kappa shape index (κ3) is 6.49. The summed E-state index contributed by atoms with van der Waals surface area (Å²) in [5, 5.41) is 2.68. The van der Waals surface area contributed by atoms with Crippen molar-refractivity contribution in [2.24, 2.45) is 11.8 Å². The van der Waals surface area contributed by atoms with Crippen LogP contribution < -0.4 is 10.0 Å². The van der Waals surface area contributed by atoms with Crippen molar-refractivity contribution in [3.63, 3.8) is 0 Å². The van der Waals surface area contributed by atoms with Crippen molar-refractivity contribution in [3.8, 4) is 0 Å². The van der Waals surface area contributed by atoms with Crippen LogP contribution in [0.4, 0.5) is 4.39 Å². The van der Waals surface area contributed by atoms with Gasteiger partial charge in [0, 0.05) is 0 Å². The number of hydrogen-bond acceptors (Lipinski definition) is 3. The third-order valence-corrected chi connectivity index (χ3v) is 4.60. The molecule has 5 nitrogen and oxygen atoms in total. The third-order valence-electron chi connectivity index (χ3n) is 3.43. The SMILES string of the molecule is CC(C)C[C@@H](C=O)NC(=O)[C@@H](NS(=O)c1ccc(F)cc1)C(C)C. The minimum absolute atomic E-state index is 0.138. The van der Waals surface area contributed by atoms with Gasteiger partial charge in [-0.05, 0) is 42.5 Å². The highest BCUT2D eigenvalue weighted by Gasteiger charge is 2.26. The van der Waals surface area contributed by atoms with Crippen LogP contribution in [-0.2, 0) is 20.6 Å². The van der Waals surface area contributed by atoms with Gasteiger partial charge in [-0.1, -0.05) is 27.7 Å². The van der Waals surface area contributed by atoms with E-state index in [2.05, 4.69) is 10.0 Å². The smallest absolute Gasteiger partial charge is 0.238 e. The van der Waals surface area contributed by atoms with Gasteiger partial charge in [0.05, 0.1) is 10.9 Å². The van der Waals surface area contributed by atoms with E-state index in [-0.39, 0.29) is 17.7 Å². The highest BCUT2D eigenvalue weighted by atomic mass is 32.2. The lowest BCUT2D eigenvalue weighted by Gasteiger charge is -2.23. The summed E-state index contributed by atoms with van der Waals surface area (Å²) in [6.07, 6.45) is 1.26. The monoisotopic (exact) mass is 356 g/mol. The molecule has 0 spiro atoms. The van der Waals surface area contributed by atoms with Gasteiger partial charge < -0.3 is 10.1 Å². The molecule has 0 aromatic heterocycles. The first-order chi connectivity index (χ1) is 11.2. The molecule has 1 unspecified atom stereocenters. The molecule has 1 aromatic rings. The first-order valence-electron chi connectivity index (χ1n) is 7.93. The molecule has 134 valence electrons. The van der Waals surface area contributed by atoms with Gasteiger partial charge in [0.15, 0.2) is 0 Å². The summed E-state index contributed by atoms with van der Waals surface area (Å²) in [5.41, 5.74) is 0. The van der Waals surface area contributed by atoms with Crippen molar-refractivity contribution in [3.05, 3.63) is 30.1 Å². The fraction of sp³-hybridized carbons (Fsp3) is 0.529. The summed E-state index contributed by atoms with van der Waals surface area (Å²) in [6.45, 7) is 7.56. The van der Waals surface area contributed by atoms with Crippen molar-refractivity contribution in [1.29, 1.82) is 0 Å². The number of carbonyl (C=O) groups is 2. The Bertz CT molecular complexity index is 576. The molecule has 0 aliphatic heterocycles. The predicted octanol–water partition coefficient (Wildman–Crippen LogP) is 2.19. The first kappa shape index (κ1) is 20.4. The molecule has 0 saturated carbocycles. The zero-order chi connectivity index (χ0) is 18.3. The van der Waals surface area contributed by atoms with Crippen LogP contribution in [0.3, 0.4) is 0 Å². The molecule has 0 saturated heterocycles. The molecule has 1 rings (SSSR count). The van der Waals surface area contributed by atoms with Crippen LogP contribution >= 0.6 is 0 Å². The van der Waals surface area contributed by atoms with Crippen molar-refractivity contribution in [2.45, 2.75) is 51.1 Å². The van der Waals surface area contributed by atoms with Crippen LogP contribution in [-0.4, -0.2) is 28.5 Å². The lowest BCUT2D eigenvalue weighted by atomic mass is 10.0. The average Bonchev–Trinajstić information content (AvgIpc) is 2.51. The molecule has 0 fully saturated rings. The Morgan fingerprint density at radius 2 is 1.79 bits per heavy atom. The normalized spacial score (nSPS) is 15.1. The van der Waals surface area contributed by atoms with Crippen LogP contribution in [0.2, 0.25) is 0 Å². The molecule has 0 aliphatic carbocycles. The largest absolute Gasteiger partial charge is 0.345 e. The predicted molar refractivity (Wildman–Crippen MR) is 92.0 cm³/mol. The van der Waals surface area contributed by atoms with Gasteiger partial charge in [-0.25, -0.2) is 13.3 Å². The second kappa shape index (κ2) is 9.64. The van der Waals surface area contributed by atoms with E-state index in [1.54, 1.807) is 0 Å².